The smallest absolute Gasteiger partial charge is 0.240 e. The molecule has 2 aromatic carbocycles. The van der Waals surface area contributed by atoms with Crippen LogP contribution in [0.25, 0.3) is 0 Å². The molecule has 1 amide bonds. The van der Waals surface area contributed by atoms with Gasteiger partial charge in [-0.25, -0.2) is 13.1 Å². The molecule has 2 aromatic rings. The van der Waals surface area contributed by atoms with Gasteiger partial charge in [0.05, 0.1) is 10.6 Å². The van der Waals surface area contributed by atoms with Crippen molar-refractivity contribution in [2.45, 2.75) is 34.7 Å². The first kappa shape index (κ1) is 18.5. The van der Waals surface area contributed by atoms with Gasteiger partial charge in [-0.15, -0.1) is 11.8 Å². The minimum Gasteiger partial charge on any atom is -0.337 e. The third-order valence-corrected chi connectivity index (χ3v) is 7.77. The van der Waals surface area contributed by atoms with E-state index in [1.807, 2.05) is 35.2 Å². The summed E-state index contributed by atoms with van der Waals surface area (Å²) < 4.78 is 28.1. The van der Waals surface area contributed by atoms with E-state index in [2.05, 4.69) is 4.72 Å². The molecule has 27 heavy (non-hydrogen) atoms. The van der Waals surface area contributed by atoms with Crippen molar-refractivity contribution in [2.24, 2.45) is 5.92 Å². The Hall–Kier alpha value is -1.83. The summed E-state index contributed by atoms with van der Waals surface area (Å²) in [6.45, 7) is 0.739. The van der Waals surface area contributed by atoms with Crippen LogP contribution in [-0.2, 0) is 14.8 Å². The largest absolute Gasteiger partial charge is 0.337 e. The summed E-state index contributed by atoms with van der Waals surface area (Å²) in [5.41, 5.74) is 0. The van der Waals surface area contributed by atoms with Gasteiger partial charge in [0, 0.05) is 23.5 Å². The highest BCUT2D eigenvalue weighted by atomic mass is 32.2. The Labute approximate surface area is 164 Å². The molecule has 2 aliphatic rings. The molecular formula is C20H22N2O3S2. The number of rotatable bonds is 6. The second-order valence-corrected chi connectivity index (χ2v) is 9.86. The number of carbonyl (C=O) groups excluding carboxylic acids is 1. The third kappa shape index (κ3) is 4.05. The van der Waals surface area contributed by atoms with E-state index < -0.39 is 10.0 Å². The van der Waals surface area contributed by atoms with E-state index >= 15 is 0 Å². The topological polar surface area (TPSA) is 66.5 Å². The Morgan fingerprint density at radius 3 is 2.37 bits per heavy atom. The van der Waals surface area contributed by atoms with Crippen LogP contribution in [0.2, 0.25) is 0 Å². The number of nitrogens with zero attached hydrogens (tertiary/aromatic N) is 1. The Balaban J connectivity index is 1.40. The van der Waals surface area contributed by atoms with Crippen molar-refractivity contribution in [3.05, 3.63) is 60.7 Å². The maximum absolute atomic E-state index is 12.7. The van der Waals surface area contributed by atoms with Crippen molar-refractivity contribution >= 4 is 27.7 Å². The predicted octanol–water partition coefficient (Wildman–Crippen LogP) is 2.75. The normalized spacial score (nSPS) is 24.3. The number of likely N-dealkylation sites (tertiary alicyclic amines) is 1. The van der Waals surface area contributed by atoms with Crippen LogP contribution in [0.15, 0.2) is 70.5 Å². The zero-order valence-corrected chi connectivity index (χ0v) is 16.5. The number of sulfonamides is 1. The molecule has 7 heteroatoms. The second kappa shape index (κ2) is 7.66. The molecule has 1 aliphatic heterocycles. The maximum Gasteiger partial charge on any atom is 0.240 e. The lowest BCUT2D eigenvalue weighted by Gasteiger charge is -2.33. The maximum atomic E-state index is 12.7. The van der Waals surface area contributed by atoms with Crippen molar-refractivity contribution in [1.29, 1.82) is 0 Å². The lowest BCUT2D eigenvalue weighted by atomic mass is 10.1. The van der Waals surface area contributed by atoms with Gasteiger partial charge in [0.1, 0.15) is 0 Å². The van der Waals surface area contributed by atoms with Crippen LogP contribution in [0.3, 0.4) is 0 Å². The monoisotopic (exact) mass is 402 g/mol. The fourth-order valence-electron chi connectivity index (χ4n) is 4.05. The summed E-state index contributed by atoms with van der Waals surface area (Å²) in [6, 6.07) is 18.0. The van der Waals surface area contributed by atoms with Crippen molar-refractivity contribution in [2.75, 3.05) is 12.3 Å². The molecule has 0 unspecified atom stereocenters. The standard InChI is InChI=1S/C20H22N2O3S2/c23-20(14-26-16-7-3-1-4-8-16)22-13-15-11-18(19(22)12-15)21-27(24,25)17-9-5-2-6-10-17/h1-10,15,18-19,21H,11-14H2/t15-,18+,19-/m1/s1. The number of thioether (sulfide) groups is 1. The van der Waals surface area contributed by atoms with Crippen LogP contribution in [-0.4, -0.2) is 43.6 Å². The van der Waals surface area contributed by atoms with E-state index in [-0.39, 0.29) is 22.9 Å². The van der Waals surface area contributed by atoms with Gasteiger partial charge in [0.25, 0.3) is 0 Å². The van der Waals surface area contributed by atoms with E-state index in [0.717, 1.165) is 24.3 Å². The summed E-state index contributed by atoms with van der Waals surface area (Å²) in [4.78, 5) is 15.9. The van der Waals surface area contributed by atoms with E-state index in [1.165, 1.54) is 11.8 Å². The Morgan fingerprint density at radius 1 is 1.04 bits per heavy atom. The van der Waals surface area contributed by atoms with Crippen LogP contribution in [0.1, 0.15) is 12.8 Å². The minimum atomic E-state index is -3.56. The molecule has 1 saturated heterocycles. The zero-order valence-electron chi connectivity index (χ0n) is 14.8. The van der Waals surface area contributed by atoms with Crippen molar-refractivity contribution in [1.82, 2.24) is 9.62 Å². The van der Waals surface area contributed by atoms with Gasteiger partial charge in [-0.1, -0.05) is 36.4 Å². The number of amides is 1. The molecule has 1 saturated carbocycles. The third-order valence-electron chi connectivity index (χ3n) is 5.27. The quantitative estimate of drug-likeness (QED) is 0.755. The van der Waals surface area contributed by atoms with Gasteiger partial charge in [0.15, 0.2) is 0 Å². The number of carbonyl (C=O) groups is 1. The predicted molar refractivity (Wildman–Crippen MR) is 106 cm³/mol. The first-order valence-corrected chi connectivity index (χ1v) is 11.5. The Bertz CT molecular complexity index is 903. The van der Waals surface area contributed by atoms with Gasteiger partial charge < -0.3 is 4.90 Å². The van der Waals surface area contributed by atoms with E-state index in [4.69, 9.17) is 0 Å². The fourth-order valence-corrected chi connectivity index (χ4v) is 6.16. The Kier molecular flexibility index (Phi) is 5.25. The number of benzene rings is 2. The molecule has 0 radical (unpaired) electrons. The average Bonchev–Trinajstić information content (AvgIpc) is 3.28. The van der Waals surface area contributed by atoms with Crippen LogP contribution in [0, 0.1) is 5.92 Å². The highest BCUT2D eigenvalue weighted by molar-refractivity contribution is 8.00. The minimum absolute atomic E-state index is 0.0441. The number of hydrogen-bond donors (Lipinski definition) is 1. The van der Waals surface area contributed by atoms with E-state index in [9.17, 15) is 13.2 Å². The summed E-state index contributed by atoms with van der Waals surface area (Å²) in [7, 11) is -3.56. The first-order chi connectivity index (χ1) is 13.0. The fraction of sp³-hybridized carbons (Fsp3) is 0.350. The molecule has 1 N–H and O–H groups in total. The molecule has 4 rings (SSSR count). The molecule has 142 valence electrons. The number of nitrogens with one attached hydrogen (secondary N) is 1. The molecule has 5 nitrogen and oxygen atoms in total. The molecule has 0 aromatic heterocycles. The molecule has 2 fully saturated rings. The van der Waals surface area contributed by atoms with Crippen molar-refractivity contribution < 1.29 is 13.2 Å². The zero-order chi connectivity index (χ0) is 18.9. The highest BCUT2D eigenvalue weighted by Crippen LogP contribution is 2.39. The molecule has 1 aliphatic carbocycles. The van der Waals surface area contributed by atoms with Crippen LogP contribution >= 0.6 is 11.8 Å². The molecule has 0 spiro atoms. The van der Waals surface area contributed by atoms with Crippen molar-refractivity contribution in [3.8, 4) is 0 Å². The first-order valence-electron chi connectivity index (χ1n) is 9.07. The lowest BCUT2D eigenvalue weighted by Crippen LogP contribution is -2.52. The average molecular weight is 403 g/mol. The molecule has 3 atom stereocenters. The lowest BCUT2D eigenvalue weighted by molar-refractivity contribution is -0.130. The summed E-state index contributed by atoms with van der Waals surface area (Å²) >= 11 is 1.52. The Morgan fingerprint density at radius 2 is 1.70 bits per heavy atom. The van der Waals surface area contributed by atoms with E-state index in [1.54, 1.807) is 30.3 Å². The SMILES string of the molecule is O=C(CSc1ccccc1)N1C[C@@H]2C[C@H](NS(=O)(=O)c3ccccc3)[C@H]1C2. The number of piperidine rings is 1. The van der Waals surface area contributed by atoms with Crippen molar-refractivity contribution in [3.63, 3.8) is 0 Å². The summed E-state index contributed by atoms with van der Waals surface area (Å²) in [5.74, 6) is 0.842. The van der Waals surface area contributed by atoms with Gasteiger partial charge in [0.2, 0.25) is 15.9 Å². The number of fused-ring (bicyclic) bond motifs is 2. The highest BCUT2D eigenvalue weighted by Gasteiger charge is 2.47. The molecule has 2 bridgehead atoms. The van der Waals surface area contributed by atoms with Crippen LogP contribution in [0.5, 0.6) is 0 Å². The van der Waals surface area contributed by atoms with Gasteiger partial charge >= 0.3 is 0 Å². The van der Waals surface area contributed by atoms with Crippen LogP contribution < -0.4 is 4.72 Å². The van der Waals surface area contributed by atoms with E-state index in [0.29, 0.717) is 11.7 Å². The molecular weight excluding hydrogens is 380 g/mol. The second-order valence-electron chi connectivity index (χ2n) is 7.09. The summed E-state index contributed by atoms with van der Waals surface area (Å²) in [6.07, 6.45) is 1.68. The van der Waals surface area contributed by atoms with Gasteiger partial charge in [-0.2, -0.15) is 0 Å². The summed E-state index contributed by atoms with van der Waals surface area (Å²) in [5, 5.41) is 0. The van der Waals surface area contributed by atoms with Gasteiger partial charge in [-0.3, -0.25) is 4.79 Å². The van der Waals surface area contributed by atoms with Crippen LogP contribution in [0.4, 0.5) is 0 Å². The molecule has 1 heterocycles. The van der Waals surface area contributed by atoms with Gasteiger partial charge in [-0.05, 0) is 43.0 Å². The number of hydrogen-bond acceptors (Lipinski definition) is 4.